The Kier molecular flexibility index (Phi) is 7.81. The molecule has 0 aromatic heterocycles. The van der Waals surface area contributed by atoms with Crippen molar-refractivity contribution in [3.8, 4) is 0 Å². The summed E-state index contributed by atoms with van der Waals surface area (Å²) in [4.78, 5) is 56.7. The summed E-state index contributed by atoms with van der Waals surface area (Å²) in [5.41, 5.74) is 2.00. The Morgan fingerprint density at radius 2 is 1.63 bits per heavy atom. The van der Waals surface area contributed by atoms with E-state index in [1.54, 1.807) is 26.8 Å². The summed E-state index contributed by atoms with van der Waals surface area (Å²) in [5.74, 6) is -1.05. The number of benzene rings is 2. The lowest BCUT2D eigenvalue weighted by Crippen LogP contribution is -2.74. The summed E-state index contributed by atoms with van der Waals surface area (Å²) in [6.07, 6.45) is 2.96. The van der Waals surface area contributed by atoms with Crippen LogP contribution in [-0.4, -0.2) is 69.3 Å². The van der Waals surface area contributed by atoms with Crippen LogP contribution in [0.5, 0.6) is 0 Å². The number of ether oxygens (including phenoxy) is 2. The molecule has 0 bridgehead atoms. The average Bonchev–Trinajstić information content (AvgIpc) is 3.77. The zero-order valence-electron chi connectivity index (χ0n) is 24.4. The number of thioether (sulfide) groups is 1. The number of fused-ring (bicyclic) bond motifs is 1. The molecule has 2 aromatic carbocycles. The van der Waals surface area contributed by atoms with Gasteiger partial charge >= 0.3 is 12.1 Å². The summed E-state index contributed by atoms with van der Waals surface area (Å²) in [6, 6.07) is 17.2. The fourth-order valence-corrected chi connectivity index (χ4v) is 6.87. The second kappa shape index (κ2) is 11.6. The maximum Gasteiger partial charge on any atom is 0.408 e. The molecular formula is C33H35N3O6S. The van der Waals surface area contributed by atoms with Crippen molar-refractivity contribution in [2.75, 3.05) is 6.54 Å². The third kappa shape index (κ3) is 6.06. The number of hydrogen-bond acceptors (Lipinski definition) is 7. The minimum absolute atomic E-state index is 0.0199. The van der Waals surface area contributed by atoms with Gasteiger partial charge in [0.15, 0.2) is 12.1 Å². The van der Waals surface area contributed by atoms with E-state index in [1.165, 1.54) is 16.7 Å². The largest absolute Gasteiger partial charge is 0.451 e. The maximum atomic E-state index is 14.2. The van der Waals surface area contributed by atoms with E-state index < -0.39 is 47.1 Å². The molecule has 1 N–H and O–H groups in total. The first-order chi connectivity index (χ1) is 20.6. The second-order valence-corrected chi connectivity index (χ2v) is 13.2. The number of nitrogens with one attached hydrogen (secondary N) is 1. The normalized spacial score (nSPS) is 24.4. The van der Waals surface area contributed by atoms with Crippen molar-refractivity contribution in [1.82, 2.24) is 15.1 Å². The molecule has 3 fully saturated rings. The molecule has 1 aliphatic carbocycles. The van der Waals surface area contributed by atoms with Crippen molar-refractivity contribution < 1.29 is 28.7 Å². The van der Waals surface area contributed by atoms with Crippen molar-refractivity contribution in [1.29, 1.82) is 0 Å². The SMILES string of the molecule is CC(C)(C)OC(=O)N[C@@H]1C(=O)N2[C@@H](C(=O)OC(c3ccccc3)c3ccccc3)C(C=C3CCN(C4CC4)C3=O)=CS[C@H]12. The first kappa shape index (κ1) is 29.0. The van der Waals surface area contributed by atoms with Crippen molar-refractivity contribution in [2.45, 2.75) is 75.2 Å². The molecule has 4 aliphatic rings. The van der Waals surface area contributed by atoms with Gasteiger partial charge in [-0.05, 0) is 68.2 Å². The van der Waals surface area contributed by atoms with Crippen LogP contribution in [0.15, 0.2) is 83.3 Å². The quantitative estimate of drug-likeness (QED) is 0.279. The van der Waals surface area contributed by atoms with E-state index in [4.69, 9.17) is 9.47 Å². The molecule has 3 amide bonds. The Hall–Kier alpha value is -4.05. The Labute approximate surface area is 255 Å². The highest BCUT2D eigenvalue weighted by atomic mass is 32.2. The lowest BCUT2D eigenvalue weighted by Gasteiger charge is -2.51. The van der Waals surface area contributed by atoms with E-state index in [9.17, 15) is 19.2 Å². The number of amides is 3. The number of carbonyl (C=O) groups excluding carboxylic acids is 4. The molecule has 0 unspecified atom stereocenters. The van der Waals surface area contributed by atoms with Gasteiger partial charge in [0.2, 0.25) is 11.8 Å². The third-order valence-electron chi connectivity index (χ3n) is 7.84. The van der Waals surface area contributed by atoms with Gasteiger partial charge in [0.1, 0.15) is 17.0 Å². The third-order valence-corrected chi connectivity index (χ3v) is 9.02. The van der Waals surface area contributed by atoms with Crippen molar-refractivity contribution in [3.05, 3.63) is 94.4 Å². The molecule has 0 radical (unpaired) electrons. The van der Waals surface area contributed by atoms with Crippen LogP contribution in [0.2, 0.25) is 0 Å². The van der Waals surface area contributed by atoms with E-state index in [1.807, 2.05) is 71.0 Å². The topological polar surface area (TPSA) is 105 Å². The molecular weight excluding hydrogens is 566 g/mol. The van der Waals surface area contributed by atoms with Crippen LogP contribution in [0, 0.1) is 0 Å². The van der Waals surface area contributed by atoms with Gasteiger partial charge in [0.05, 0.1) is 0 Å². The van der Waals surface area contributed by atoms with Gasteiger partial charge < -0.3 is 24.6 Å². The van der Waals surface area contributed by atoms with Gasteiger partial charge in [-0.3, -0.25) is 9.59 Å². The highest BCUT2D eigenvalue weighted by Gasteiger charge is 2.56. The highest BCUT2D eigenvalue weighted by molar-refractivity contribution is 8.03. The summed E-state index contributed by atoms with van der Waals surface area (Å²) in [6.45, 7) is 5.89. The first-order valence-electron chi connectivity index (χ1n) is 14.6. The van der Waals surface area contributed by atoms with Gasteiger partial charge in [-0.15, -0.1) is 11.8 Å². The van der Waals surface area contributed by atoms with Crippen molar-refractivity contribution >= 4 is 35.6 Å². The van der Waals surface area contributed by atoms with Gasteiger partial charge in [-0.1, -0.05) is 60.7 Å². The number of hydrogen-bond donors (Lipinski definition) is 1. The Bertz CT molecular complexity index is 1440. The fraction of sp³-hybridized carbons (Fsp3) is 0.394. The van der Waals surface area contributed by atoms with Crippen LogP contribution < -0.4 is 5.32 Å². The molecule has 1 saturated carbocycles. The standard InChI is InChI=1S/C33H35N3O6S/c1-33(2,3)42-32(40)34-25-29(38)36-26(23(19-43-30(25)36)18-22-16-17-35(28(22)37)24-14-15-24)31(39)41-27(20-10-6-4-7-11-20)21-12-8-5-9-13-21/h4-13,18-19,24-27,30H,14-17H2,1-3H3,(H,34,40)/t25-,26-,30-/m1/s1. The Morgan fingerprint density at radius 3 is 2.21 bits per heavy atom. The van der Waals surface area contributed by atoms with Gasteiger partial charge in [-0.2, -0.15) is 0 Å². The van der Waals surface area contributed by atoms with Crippen LogP contribution >= 0.6 is 11.8 Å². The van der Waals surface area contributed by atoms with E-state index in [0.717, 1.165) is 24.0 Å². The van der Waals surface area contributed by atoms with E-state index in [2.05, 4.69) is 5.32 Å². The summed E-state index contributed by atoms with van der Waals surface area (Å²) >= 11 is 1.33. The second-order valence-electron chi connectivity index (χ2n) is 12.2. The summed E-state index contributed by atoms with van der Waals surface area (Å²) in [7, 11) is 0. The van der Waals surface area contributed by atoms with E-state index >= 15 is 0 Å². The first-order valence-corrected chi connectivity index (χ1v) is 15.5. The molecule has 43 heavy (non-hydrogen) atoms. The molecule has 2 saturated heterocycles. The van der Waals surface area contributed by atoms with Crippen LogP contribution in [0.3, 0.4) is 0 Å². The molecule has 2 aromatic rings. The highest BCUT2D eigenvalue weighted by Crippen LogP contribution is 2.43. The van der Waals surface area contributed by atoms with Crippen molar-refractivity contribution in [2.24, 2.45) is 0 Å². The molecule has 3 atom stereocenters. The molecule has 3 heterocycles. The summed E-state index contributed by atoms with van der Waals surface area (Å²) < 4.78 is 11.6. The van der Waals surface area contributed by atoms with Crippen LogP contribution in [-0.2, 0) is 23.9 Å². The molecule has 6 rings (SSSR count). The van der Waals surface area contributed by atoms with E-state index in [-0.39, 0.29) is 5.91 Å². The predicted octanol–water partition coefficient (Wildman–Crippen LogP) is 4.70. The summed E-state index contributed by atoms with van der Waals surface area (Å²) in [5, 5.41) is 3.94. The Morgan fingerprint density at radius 1 is 1.00 bits per heavy atom. The number of esters is 1. The fourth-order valence-electron chi connectivity index (χ4n) is 5.68. The zero-order chi connectivity index (χ0) is 30.3. The number of rotatable bonds is 7. The molecule has 10 heteroatoms. The number of alkyl carbamates (subject to hydrolysis) is 1. The lowest BCUT2D eigenvalue weighted by atomic mass is 9.95. The van der Waals surface area contributed by atoms with Crippen LogP contribution in [0.1, 0.15) is 57.3 Å². The smallest absolute Gasteiger partial charge is 0.408 e. The number of nitrogens with zero attached hydrogens (tertiary/aromatic N) is 2. The van der Waals surface area contributed by atoms with Crippen LogP contribution in [0.4, 0.5) is 4.79 Å². The average molecular weight is 602 g/mol. The van der Waals surface area contributed by atoms with Gasteiger partial charge in [0, 0.05) is 18.2 Å². The number of β-lactam (4-membered cyclic amide) rings is 1. The van der Waals surface area contributed by atoms with Gasteiger partial charge in [-0.25, -0.2) is 9.59 Å². The molecule has 0 spiro atoms. The number of carbonyl (C=O) groups is 4. The monoisotopic (exact) mass is 601 g/mol. The predicted molar refractivity (Wildman–Crippen MR) is 162 cm³/mol. The zero-order valence-corrected chi connectivity index (χ0v) is 25.2. The number of likely N-dealkylation sites (tertiary alicyclic amines) is 1. The lowest BCUT2D eigenvalue weighted by molar-refractivity contribution is -0.164. The minimum atomic E-state index is -1.08. The van der Waals surface area contributed by atoms with Crippen molar-refractivity contribution in [3.63, 3.8) is 0 Å². The van der Waals surface area contributed by atoms with E-state index in [0.29, 0.717) is 30.2 Å². The molecule has 224 valence electrons. The minimum Gasteiger partial charge on any atom is -0.451 e. The maximum absolute atomic E-state index is 14.2. The van der Waals surface area contributed by atoms with Gasteiger partial charge in [0.25, 0.3) is 0 Å². The molecule has 3 aliphatic heterocycles. The molecule has 9 nitrogen and oxygen atoms in total. The Balaban J connectivity index is 1.30. The van der Waals surface area contributed by atoms with Crippen LogP contribution in [0.25, 0.3) is 0 Å².